The molecule has 0 aliphatic carbocycles. The first kappa shape index (κ1) is 15.3. The van der Waals surface area contributed by atoms with Crippen LogP contribution in [0.15, 0.2) is 0 Å². The van der Waals surface area contributed by atoms with Gasteiger partial charge in [-0.15, -0.1) is 11.3 Å². The molecule has 0 unspecified atom stereocenters. The second-order valence-electron chi connectivity index (χ2n) is 6.47. The minimum atomic E-state index is 0.900. The lowest BCUT2D eigenvalue weighted by Gasteiger charge is -2.33. The molecule has 0 amide bonds. The molecule has 118 valence electrons. The van der Waals surface area contributed by atoms with Crippen LogP contribution in [0.5, 0.6) is 0 Å². The van der Waals surface area contributed by atoms with E-state index in [1.165, 1.54) is 74.1 Å². The van der Waals surface area contributed by atoms with Crippen molar-refractivity contribution in [2.24, 2.45) is 5.92 Å². The smallest absolute Gasteiger partial charge is 0.185 e. The first-order chi connectivity index (χ1) is 10.3. The number of piperidine rings is 1. The number of nitrogens with one attached hydrogen (secondary N) is 1. The van der Waals surface area contributed by atoms with E-state index in [-0.39, 0.29) is 0 Å². The van der Waals surface area contributed by atoms with Crippen LogP contribution in [0.4, 0.5) is 5.13 Å². The Balaban J connectivity index is 1.51. The summed E-state index contributed by atoms with van der Waals surface area (Å²) in [4.78, 5) is 11.3. The highest BCUT2D eigenvalue weighted by Crippen LogP contribution is 2.30. The van der Waals surface area contributed by atoms with E-state index in [2.05, 4.69) is 22.0 Å². The lowest BCUT2D eigenvalue weighted by Crippen LogP contribution is -2.38. The van der Waals surface area contributed by atoms with E-state index >= 15 is 0 Å². The number of thiazole rings is 1. The summed E-state index contributed by atoms with van der Waals surface area (Å²) < 4.78 is 0. The minimum Gasteiger partial charge on any atom is -0.348 e. The maximum absolute atomic E-state index is 4.78. The molecule has 2 aliphatic heterocycles. The van der Waals surface area contributed by atoms with Crippen LogP contribution >= 0.6 is 11.3 Å². The second kappa shape index (κ2) is 7.07. The van der Waals surface area contributed by atoms with Crippen LogP contribution in [0.3, 0.4) is 0 Å². The van der Waals surface area contributed by atoms with Crippen LogP contribution in [-0.4, -0.2) is 49.7 Å². The van der Waals surface area contributed by atoms with Gasteiger partial charge in [-0.1, -0.05) is 0 Å². The van der Waals surface area contributed by atoms with Crippen molar-refractivity contribution in [3.8, 4) is 0 Å². The summed E-state index contributed by atoms with van der Waals surface area (Å²) in [5.41, 5.74) is 1.20. The molecule has 0 radical (unpaired) electrons. The largest absolute Gasteiger partial charge is 0.348 e. The van der Waals surface area contributed by atoms with E-state index in [0.717, 1.165) is 12.5 Å². The monoisotopic (exact) mass is 308 g/mol. The predicted molar refractivity (Wildman–Crippen MR) is 90.2 cm³/mol. The van der Waals surface area contributed by atoms with Gasteiger partial charge in [-0.2, -0.15) is 0 Å². The van der Waals surface area contributed by atoms with Gasteiger partial charge in [-0.3, -0.25) is 0 Å². The van der Waals surface area contributed by atoms with Crippen LogP contribution < -0.4 is 10.2 Å². The Morgan fingerprint density at radius 3 is 2.57 bits per heavy atom. The van der Waals surface area contributed by atoms with E-state index in [1.54, 1.807) is 0 Å². The minimum absolute atomic E-state index is 0.900. The Labute approximate surface area is 132 Å². The van der Waals surface area contributed by atoms with Crippen molar-refractivity contribution < 1.29 is 0 Å². The third-order valence-corrected chi connectivity index (χ3v) is 6.04. The van der Waals surface area contributed by atoms with E-state index < -0.39 is 0 Å². The molecule has 21 heavy (non-hydrogen) atoms. The molecule has 0 aromatic carbocycles. The van der Waals surface area contributed by atoms with Gasteiger partial charge in [0.2, 0.25) is 0 Å². The number of rotatable bonds is 5. The first-order valence-corrected chi connectivity index (χ1v) is 9.16. The summed E-state index contributed by atoms with van der Waals surface area (Å²) in [5, 5.41) is 4.47. The Hall–Kier alpha value is -0.650. The molecule has 1 aromatic heterocycles. The molecule has 2 saturated heterocycles. The second-order valence-corrected chi connectivity index (χ2v) is 7.54. The standard InChI is InChI=1S/C16H28N4S/c1-13-15(11-17-2)21-16(18-13)20-9-5-14(6-10-20)12-19-7-3-4-8-19/h14,17H,3-12H2,1-2H3. The average molecular weight is 308 g/mol. The zero-order valence-electron chi connectivity index (χ0n) is 13.4. The molecular formula is C16H28N4S. The number of anilines is 1. The molecule has 3 heterocycles. The van der Waals surface area contributed by atoms with Crippen molar-refractivity contribution in [1.29, 1.82) is 0 Å². The Morgan fingerprint density at radius 1 is 1.19 bits per heavy atom. The molecule has 0 spiro atoms. The van der Waals surface area contributed by atoms with Gasteiger partial charge in [0.25, 0.3) is 0 Å². The maximum atomic E-state index is 4.78. The molecule has 0 atom stereocenters. The molecule has 4 nitrogen and oxygen atoms in total. The third-order valence-electron chi connectivity index (χ3n) is 4.82. The topological polar surface area (TPSA) is 31.4 Å². The van der Waals surface area contributed by atoms with Gasteiger partial charge < -0.3 is 15.1 Å². The number of nitrogens with zero attached hydrogens (tertiary/aromatic N) is 3. The fourth-order valence-corrected chi connectivity index (χ4v) is 4.63. The molecule has 2 fully saturated rings. The van der Waals surface area contributed by atoms with Gasteiger partial charge in [0.05, 0.1) is 5.69 Å². The molecule has 0 saturated carbocycles. The fourth-order valence-electron chi connectivity index (χ4n) is 3.51. The molecule has 3 rings (SSSR count). The average Bonchev–Trinajstić information content (AvgIpc) is 3.11. The summed E-state index contributed by atoms with van der Waals surface area (Å²) in [6.45, 7) is 9.44. The van der Waals surface area contributed by atoms with Crippen molar-refractivity contribution in [3.05, 3.63) is 10.6 Å². The van der Waals surface area contributed by atoms with Crippen LogP contribution in [-0.2, 0) is 6.54 Å². The van der Waals surface area contributed by atoms with Gasteiger partial charge in [0.1, 0.15) is 0 Å². The van der Waals surface area contributed by atoms with E-state index in [1.807, 2.05) is 18.4 Å². The molecule has 1 N–H and O–H groups in total. The highest BCUT2D eigenvalue weighted by atomic mass is 32.1. The Bertz CT molecular complexity index is 445. The molecule has 5 heteroatoms. The van der Waals surface area contributed by atoms with Crippen LogP contribution in [0.25, 0.3) is 0 Å². The number of aromatic nitrogens is 1. The van der Waals surface area contributed by atoms with E-state index in [0.29, 0.717) is 0 Å². The van der Waals surface area contributed by atoms with Crippen LogP contribution in [0.1, 0.15) is 36.3 Å². The van der Waals surface area contributed by atoms with Crippen molar-refractivity contribution in [1.82, 2.24) is 15.2 Å². The van der Waals surface area contributed by atoms with Gasteiger partial charge in [-0.05, 0) is 58.7 Å². The van der Waals surface area contributed by atoms with Gasteiger partial charge in [-0.25, -0.2) is 4.98 Å². The van der Waals surface area contributed by atoms with Gasteiger partial charge in [0, 0.05) is 31.1 Å². The molecular weight excluding hydrogens is 280 g/mol. The molecule has 2 aliphatic rings. The zero-order valence-corrected chi connectivity index (χ0v) is 14.2. The number of hydrogen-bond donors (Lipinski definition) is 1. The summed E-state index contributed by atoms with van der Waals surface area (Å²) in [6.07, 6.45) is 5.48. The van der Waals surface area contributed by atoms with Crippen molar-refractivity contribution in [2.45, 2.75) is 39.2 Å². The predicted octanol–water partition coefficient (Wildman–Crippen LogP) is 2.48. The van der Waals surface area contributed by atoms with Gasteiger partial charge in [0.15, 0.2) is 5.13 Å². The van der Waals surface area contributed by atoms with Gasteiger partial charge >= 0.3 is 0 Å². The number of aryl methyl sites for hydroxylation is 1. The fraction of sp³-hybridized carbons (Fsp3) is 0.812. The van der Waals surface area contributed by atoms with Crippen molar-refractivity contribution in [2.75, 3.05) is 44.7 Å². The normalized spacial score (nSPS) is 21.3. The van der Waals surface area contributed by atoms with E-state index in [9.17, 15) is 0 Å². The number of likely N-dealkylation sites (tertiary alicyclic amines) is 1. The Kier molecular flexibility index (Phi) is 5.14. The van der Waals surface area contributed by atoms with Crippen molar-refractivity contribution >= 4 is 16.5 Å². The first-order valence-electron chi connectivity index (χ1n) is 8.34. The quantitative estimate of drug-likeness (QED) is 0.905. The number of hydrogen-bond acceptors (Lipinski definition) is 5. The highest BCUT2D eigenvalue weighted by molar-refractivity contribution is 7.15. The summed E-state index contributed by atoms with van der Waals surface area (Å²) in [7, 11) is 2.00. The van der Waals surface area contributed by atoms with E-state index in [4.69, 9.17) is 4.98 Å². The van der Waals surface area contributed by atoms with Crippen LogP contribution in [0.2, 0.25) is 0 Å². The highest BCUT2D eigenvalue weighted by Gasteiger charge is 2.24. The van der Waals surface area contributed by atoms with Crippen LogP contribution in [0, 0.1) is 12.8 Å². The van der Waals surface area contributed by atoms with Crippen molar-refractivity contribution in [3.63, 3.8) is 0 Å². The summed E-state index contributed by atoms with van der Waals surface area (Å²) >= 11 is 1.87. The lowest BCUT2D eigenvalue weighted by atomic mass is 9.96. The summed E-state index contributed by atoms with van der Waals surface area (Å²) in [6, 6.07) is 0. The zero-order chi connectivity index (χ0) is 14.7. The third kappa shape index (κ3) is 3.76. The molecule has 1 aromatic rings. The lowest BCUT2D eigenvalue weighted by molar-refractivity contribution is 0.249. The SMILES string of the molecule is CNCc1sc(N2CCC(CN3CCCC3)CC2)nc1C. The maximum Gasteiger partial charge on any atom is 0.185 e. The molecule has 0 bridgehead atoms. The Morgan fingerprint density at radius 2 is 1.90 bits per heavy atom. The summed E-state index contributed by atoms with van der Waals surface area (Å²) in [5.74, 6) is 0.900.